The zero-order chi connectivity index (χ0) is 23.5. The summed E-state index contributed by atoms with van der Waals surface area (Å²) in [6, 6.07) is 7.60. The van der Waals surface area contributed by atoms with E-state index in [0.717, 1.165) is 12.1 Å². The van der Waals surface area contributed by atoms with Crippen molar-refractivity contribution in [1.82, 2.24) is 9.88 Å². The van der Waals surface area contributed by atoms with E-state index >= 15 is 0 Å². The van der Waals surface area contributed by atoms with Crippen LogP contribution in [0, 0.1) is 17.5 Å². The number of oxazole rings is 1. The number of ketones is 1. The van der Waals surface area contributed by atoms with Crippen LogP contribution >= 0.6 is 0 Å². The van der Waals surface area contributed by atoms with E-state index in [4.69, 9.17) is 4.42 Å². The largest absolute Gasteiger partial charge is 0.441 e. The van der Waals surface area contributed by atoms with E-state index in [1.54, 1.807) is 17.0 Å². The van der Waals surface area contributed by atoms with Gasteiger partial charge in [0.2, 0.25) is 5.91 Å². The highest BCUT2D eigenvalue weighted by atomic mass is 19.1. The van der Waals surface area contributed by atoms with Gasteiger partial charge >= 0.3 is 0 Å². The first-order chi connectivity index (χ1) is 15.8. The van der Waals surface area contributed by atoms with Gasteiger partial charge in [0.15, 0.2) is 17.4 Å². The van der Waals surface area contributed by atoms with Crippen LogP contribution in [-0.4, -0.2) is 47.8 Å². The molecule has 4 rings (SSSR count). The van der Waals surface area contributed by atoms with E-state index in [-0.39, 0.29) is 41.7 Å². The molecule has 0 unspecified atom stereocenters. The Balaban J connectivity index is 1.30. The minimum atomic E-state index is -0.751. The highest BCUT2D eigenvalue weighted by molar-refractivity contribution is 5.94. The molecule has 0 saturated carbocycles. The third kappa shape index (κ3) is 5.08. The van der Waals surface area contributed by atoms with Gasteiger partial charge in [0.05, 0.1) is 17.4 Å². The molecule has 1 saturated heterocycles. The van der Waals surface area contributed by atoms with Crippen molar-refractivity contribution in [2.24, 2.45) is 0 Å². The number of carbonyl (C=O) groups excluding carboxylic acids is 2. The summed E-state index contributed by atoms with van der Waals surface area (Å²) >= 11 is 0. The lowest BCUT2D eigenvalue weighted by atomic mass is 10.1. The molecule has 33 heavy (non-hydrogen) atoms. The molecule has 1 aliphatic rings. The molecule has 0 spiro atoms. The van der Waals surface area contributed by atoms with Crippen LogP contribution in [0.1, 0.15) is 29.6 Å². The molecular formula is C24H22F3N3O3. The molecule has 1 aliphatic heterocycles. The summed E-state index contributed by atoms with van der Waals surface area (Å²) in [5, 5.41) is 0. The van der Waals surface area contributed by atoms with Crippen LogP contribution < -0.4 is 4.90 Å². The van der Waals surface area contributed by atoms with E-state index in [1.165, 1.54) is 25.3 Å². The maximum Gasteiger partial charge on any atom is 0.223 e. The van der Waals surface area contributed by atoms with Gasteiger partial charge in [0.25, 0.3) is 0 Å². The Kier molecular flexibility index (Phi) is 6.48. The minimum Gasteiger partial charge on any atom is -0.441 e. The van der Waals surface area contributed by atoms with Gasteiger partial charge < -0.3 is 14.2 Å². The number of aryl methyl sites for hydroxylation is 1. The van der Waals surface area contributed by atoms with E-state index in [1.807, 2.05) is 4.90 Å². The molecule has 0 radical (unpaired) electrons. The third-order valence-electron chi connectivity index (χ3n) is 5.63. The second-order valence-electron chi connectivity index (χ2n) is 7.83. The first kappa shape index (κ1) is 22.6. The maximum absolute atomic E-state index is 14.4. The number of halogens is 3. The van der Waals surface area contributed by atoms with Crippen LogP contribution in [0.2, 0.25) is 0 Å². The SMILES string of the molecule is CC(=O)c1ccc(N2CCN(C(=O)CCc3ncc(-c4ccc(F)cc4F)o3)CC2)c(F)c1. The average molecular weight is 457 g/mol. The summed E-state index contributed by atoms with van der Waals surface area (Å²) in [6.07, 6.45) is 1.75. The number of amides is 1. The van der Waals surface area contributed by atoms with Crippen LogP contribution in [0.15, 0.2) is 47.0 Å². The monoisotopic (exact) mass is 457 g/mol. The first-order valence-corrected chi connectivity index (χ1v) is 10.5. The molecule has 1 fully saturated rings. The summed E-state index contributed by atoms with van der Waals surface area (Å²) in [4.78, 5) is 31.6. The Labute approximate surface area is 188 Å². The molecule has 0 bridgehead atoms. The number of rotatable bonds is 6. The number of Topliss-reactive ketones (excluding diaryl/α,β-unsaturated/α-hetero) is 1. The molecular weight excluding hydrogens is 435 g/mol. The molecule has 0 N–H and O–H groups in total. The molecule has 2 heterocycles. The zero-order valence-corrected chi connectivity index (χ0v) is 18.0. The standard InChI is InChI=1S/C24H22F3N3O3/c1-15(31)16-2-5-21(20(27)12-16)29-8-10-30(11-9-29)24(32)7-6-23-28-14-22(33-23)18-4-3-17(25)13-19(18)26/h2-5,12-14H,6-11H2,1H3. The molecule has 0 atom stereocenters. The predicted octanol–water partition coefficient (Wildman–Crippen LogP) is 4.24. The first-order valence-electron chi connectivity index (χ1n) is 10.5. The number of nitrogens with zero attached hydrogens (tertiary/aromatic N) is 3. The van der Waals surface area contributed by atoms with Gasteiger partial charge in [0, 0.05) is 50.7 Å². The molecule has 2 aromatic carbocycles. The smallest absolute Gasteiger partial charge is 0.223 e. The number of carbonyl (C=O) groups is 2. The summed E-state index contributed by atoms with van der Waals surface area (Å²) in [5.74, 6) is -1.72. The lowest BCUT2D eigenvalue weighted by molar-refractivity contribution is -0.131. The summed E-state index contributed by atoms with van der Waals surface area (Å²) in [7, 11) is 0. The topological polar surface area (TPSA) is 66.7 Å². The fourth-order valence-electron chi connectivity index (χ4n) is 3.79. The number of anilines is 1. The summed E-state index contributed by atoms with van der Waals surface area (Å²) in [6.45, 7) is 3.19. The Bertz CT molecular complexity index is 1190. The van der Waals surface area contributed by atoms with Crippen molar-refractivity contribution in [2.45, 2.75) is 19.8 Å². The second kappa shape index (κ2) is 9.48. The fourth-order valence-corrected chi connectivity index (χ4v) is 3.79. The van der Waals surface area contributed by atoms with Crippen LogP contribution in [0.25, 0.3) is 11.3 Å². The maximum atomic E-state index is 14.4. The number of aromatic nitrogens is 1. The van der Waals surface area contributed by atoms with Crippen molar-refractivity contribution in [2.75, 3.05) is 31.1 Å². The molecule has 1 amide bonds. The summed E-state index contributed by atoms with van der Waals surface area (Å²) in [5.41, 5.74) is 0.829. The molecule has 1 aromatic heterocycles. The second-order valence-corrected chi connectivity index (χ2v) is 7.83. The lowest BCUT2D eigenvalue weighted by Gasteiger charge is -2.36. The van der Waals surface area contributed by atoms with Crippen LogP contribution in [0.5, 0.6) is 0 Å². The van der Waals surface area contributed by atoms with Crippen LogP contribution in [0.4, 0.5) is 18.9 Å². The van der Waals surface area contributed by atoms with Gasteiger partial charge in [-0.1, -0.05) is 0 Å². The van der Waals surface area contributed by atoms with Crippen LogP contribution in [0.3, 0.4) is 0 Å². The van der Waals surface area contributed by atoms with Crippen molar-refractivity contribution in [1.29, 1.82) is 0 Å². The Morgan fingerprint density at radius 2 is 1.76 bits per heavy atom. The zero-order valence-electron chi connectivity index (χ0n) is 18.0. The van der Waals surface area contributed by atoms with Gasteiger partial charge in [-0.05, 0) is 37.3 Å². The van der Waals surface area contributed by atoms with Gasteiger partial charge in [-0.25, -0.2) is 18.2 Å². The van der Waals surface area contributed by atoms with E-state index in [0.29, 0.717) is 37.4 Å². The van der Waals surface area contributed by atoms with Crippen molar-refractivity contribution in [3.05, 3.63) is 71.5 Å². The lowest BCUT2D eigenvalue weighted by Crippen LogP contribution is -2.49. The Hall–Kier alpha value is -3.62. The van der Waals surface area contributed by atoms with E-state index in [2.05, 4.69) is 4.98 Å². The molecule has 9 heteroatoms. The quantitative estimate of drug-likeness (QED) is 0.518. The Morgan fingerprint density at radius 1 is 1.00 bits per heavy atom. The number of benzene rings is 2. The molecule has 6 nitrogen and oxygen atoms in total. The number of hydrogen-bond acceptors (Lipinski definition) is 5. The predicted molar refractivity (Wildman–Crippen MR) is 115 cm³/mol. The molecule has 3 aromatic rings. The van der Waals surface area contributed by atoms with E-state index in [9.17, 15) is 22.8 Å². The van der Waals surface area contributed by atoms with Crippen molar-refractivity contribution in [3.8, 4) is 11.3 Å². The summed E-state index contributed by atoms with van der Waals surface area (Å²) < 4.78 is 46.9. The van der Waals surface area contributed by atoms with Gasteiger partial charge in [0.1, 0.15) is 17.5 Å². The third-order valence-corrected chi connectivity index (χ3v) is 5.63. The highest BCUT2D eigenvalue weighted by Crippen LogP contribution is 2.25. The van der Waals surface area contributed by atoms with Crippen molar-refractivity contribution in [3.63, 3.8) is 0 Å². The van der Waals surface area contributed by atoms with Gasteiger partial charge in [-0.2, -0.15) is 0 Å². The highest BCUT2D eigenvalue weighted by Gasteiger charge is 2.23. The van der Waals surface area contributed by atoms with E-state index < -0.39 is 17.5 Å². The average Bonchev–Trinajstić information content (AvgIpc) is 3.26. The normalized spacial score (nSPS) is 13.9. The van der Waals surface area contributed by atoms with Crippen molar-refractivity contribution >= 4 is 17.4 Å². The van der Waals surface area contributed by atoms with Gasteiger partial charge in [-0.15, -0.1) is 0 Å². The Morgan fingerprint density at radius 3 is 2.42 bits per heavy atom. The number of hydrogen-bond donors (Lipinski definition) is 0. The van der Waals surface area contributed by atoms with Crippen LogP contribution in [-0.2, 0) is 11.2 Å². The van der Waals surface area contributed by atoms with Crippen molar-refractivity contribution < 1.29 is 27.2 Å². The number of piperazine rings is 1. The van der Waals surface area contributed by atoms with Gasteiger partial charge in [-0.3, -0.25) is 9.59 Å². The fraction of sp³-hybridized carbons (Fsp3) is 0.292. The minimum absolute atomic E-state index is 0.0882. The molecule has 172 valence electrons. The molecule has 0 aliphatic carbocycles.